The zero-order valence-electron chi connectivity index (χ0n) is 20.8. The van der Waals surface area contributed by atoms with Gasteiger partial charge in [-0.1, -0.05) is 36.2 Å². The van der Waals surface area contributed by atoms with Crippen LogP contribution in [-0.2, 0) is 17.5 Å². The summed E-state index contributed by atoms with van der Waals surface area (Å²) >= 11 is 3.91. The van der Waals surface area contributed by atoms with Crippen molar-refractivity contribution < 1.29 is 13.5 Å². The Hall–Kier alpha value is -3.71. The monoisotopic (exact) mass is 536 g/mol. The van der Waals surface area contributed by atoms with E-state index in [9.17, 15) is 5.26 Å². The Kier molecular flexibility index (Phi) is 9.80. The molecule has 0 amide bonds. The molecule has 1 atom stereocenters. The number of aromatic nitrogens is 2. The first kappa shape index (κ1) is 27.9. The van der Waals surface area contributed by atoms with Gasteiger partial charge in [0.05, 0.1) is 28.7 Å². The minimum Gasteiger partial charge on any atom is -0.773 e. The van der Waals surface area contributed by atoms with E-state index in [1.807, 2.05) is 38.2 Å². The fraction of sp³-hybridized carbons (Fsp3) is 0.222. The molecule has 0 fully saturated rings. The van der Waals surface area contributed by atoms with Gasteiger partial charge < -0.3 is 19.9 Å². The Morgan fingerprint density at radius 3 is 2.41 bits per heavy atom. The third kappa shape index (κ3) is 7.17. The highest BCUT2D eigenvalue weighted by atomic mass is 35.5. The molecule has 1 aromatic heterocycles. The number of nitrogen functional groups attached to an aromatic ring is 1. The smallest absolute Gasteiger partial charge is 0.142 e. The van der Waals surface area contributed by atoms with E-state index in [-0.39, 0.29) is 0 Å². The van der Waals surface area contributed by atoms with Crippen LogP contribution in [0.3, 0.4) is 0 Å². The maximum absolute atomic E-state index is 9.67. The SMILES string of the molecule is CCc1cc(N(C)c2ccc(-c3ccc4nc(N)cnc4c3)cc2)cc(C#N)c1OCCCl.CS(=O)[O-]. The van der Waals surface area contributed by atoms with E-state index < -0.39 is 11.1 Å². The van der Waals surface area contributed by atoms with Gasteiger partial charge in [0, 0.05) is 18.4 Å². The summed E-state index contributed by atoms with van der Waals surface area (Å²) in [6, 6.07) is 20.4. The largest absolute Gasteiger partial charge is 0.773 e. The Bertz CT molecular complexity index is 1440. The predicted octanol–water partition coefficient (Wildman–Crippen LogP) is 5.19. The first-order valence-electron chi connectivity index (χ1n) is 11.4. The molecule has 0 radical (unpaired) electrons. The van der Waals surface area contributed by atoms with E-state index in [1.54, 1.807) is 6.20 Å². The molecule has 2 N–H and O–H groups in total. The summed E-state index contributed by atoms with van der Waals surface area (Å²) in [5.41, 5.74) is 12.8. The number of halogens is 1. The first-order chi connectivity index (χ1) is 17.8. The number of alkyl halides is 1. The number of nitrogens with two attached hydrogens (primary N) is 1. The maximum atomic E-state index is 9.67. The van der Waals surface area contributed by atoms with Crippen LogP contribution >= 0.6 is 11.6 Å². The Labute approximate surface area is 224 Å². The molecule has 37 heavy (non-hydrogen) atoms. The molecule has 3 aromatic carbocycles. The molecule has 0 aliphatic rings. The lowest BCUT2D eigenvalue weighted by molar-refractivity contribution is 0.338. The van der Waals surface area contributed by atoms with Gasteiger partial charge in [-0.15, -0.1) is 11.6 Å². The number of rotatable bonds is 7. The van der Waals surface area contributed by atoms with Crippen molar-refractivity contribution in [3.8, 4) is 22.9 Å². The van der Waals surface area contributed by atoms with E-state index in [2.05, 4.69) is 51.3 Å². The summed E-state index contributed by atoms with van der Waals surface area (Å²) in [7, 11) is 1.99. The number of aryl methyl sites for hydroxylation is 1. The molecule has 0 saturated heterocycles. The minimum atomic E-state index is -1.86. The number of nitrogens with zero attached hydrogens (tertiary/aromatic N) is 4. The molecule has 1 heterocycles. The van der Waals surface area contributed by atoms with Gasteiger partial charge in [-0.2, -0.15) is 5.26 Å². The van der Waals surface area contributed by atoms with Gasteiger partial charge in [-0.25, -0.2) is 4.98 Å². The lowest BCUT2D eigenvalue weighted by Crippen LogP contribution is -2.11. The van der Waals surface area contributed by atoms with Crippen LogP contribution in [0.1, 0.15) is 18.1 Å². The molecule has 192 valence electrons. The summed E-state index contributed by atoms with van der Waals surface area (Å²) < 4.78 is 23.8. The highest BCUT2D eigenvalue weighted by Crippen LogP contribution is 2.34. The van der Waals surface area contributed by atoms with Gasteiger partial charge in [-0.05, 0) is 65.8 Å². The summed E-state index contributed by atoms with van der Waals surface area (Å²) in [6.45, 7) is 2.42. The average molecular weight is 537 g/mol. The topological polar surface area (TPSA) is 128 Å². The Balaban J connectivity index is 0.000000886. The standard InChI is InChI=1S/C26H24ClN5O.CH4O2S/c1-3-17-12-22(13-20(15-28)26(17)33-11-10-27)32(2)21-7-4-18(5-8-21)19-6-9-23-24(14-19)30-16-25(29)31-23;1-4(2)3/h4-9,12-14,16H,3,10-11H2,1-2H3,(H2,29,31);1H3,(H,2,3)/p-1. The van der Waals surface area contributed by atoms with Crippen molar-refractivity contribution in [2.45, 2.75) is 13.3 Å². The molecule has 4 rings (SSSR count). The van der Waals surface area contributed by atoms with E-state index in [4.69, 9.17) is 30.8 Å². The molecule has 0 saturated carbocycles. The number of hydrogen-bond donors (Lipinski definition) is 1. The van der Waals surface area contributed by atoms with Crippen LogP contribution in [0.5, 0.6) is 5.75 Å². The second kappa shape index (κ2) is 13.0. The van der Waals surface area contributed by atoms with Crippen molar-refractivity contribution in [3.63, 3.8) is 0 Å². The van der Waals surface area contributed by atoms with Crippen LogP contribution in [0.25, 0.3) is 22.2 Å². The highest BCUT2D eigenvalue weighted by molar-refractivity contribution is 7.78. The fourth-order valence-electron chi connectivity index (χ4n) is 3.75. The van der Waals surface area contributed by atoms with Crippen molar-refractivity contribution in [1.29, 1.82) is 5.26 Å². The van der Waals surface area contributed by atoms with Crippen LogP contribution in [0.15, 0.2) is 60.8 Å². The number of hydrogen-bond acceptors (Lipinski definition) is 8. The number of fused-ring (bicyclic) bond motifs is 1. The molecular weight excluding hydrogens is 510 g/mol. The Morgan fingerprint density at radius 1 is 1.11 bits per heavy atom. The molecule has 1 unspecified atom stereocenters. The molecular formula is C27H27ClN5O3S-. The minimum absolute atomic E-state index is 0.369. The van der Waals surface area contributed by atoms with Gasteiger partial charge in [0.25, 0.3) is 0 Å². The molecule has 0 aliphatic heterocycles. The van der Waals surface area contributed by atoms with Gasteiger partial charge in [-0.3, -0.25) is 9.19 Å². The summed E-state index contributed by atoms with van der Waals surface area (Å²) in [4.78, 5) is 10.7. The summed E-state index contributed by atoms with van der Waals surface area (Å²) in [5.74, 6) is 1.40. The summed E-state index contributed by atoms with van der Waals surface area (Å²) in [5, 5.41) is 9.67. The Morgan fingerprint density at radius 2 is 1.78 bits per heavy atom. The van der Waals surface area contributed by atoms with E-state index in [0.29, 0.717) is 29.6 Å². The quantitative estimate of drug-likeness (QED) is 0.252. The van der Waals surface area contributed by atoms with Crippen LogP contribution in [-0.4, -0.2) is 44.5 Å². The van der Waals surface area contributed by atoms with Crippen LogP contribution in [0.2, 0.25) is 0 Å². The fourth-order valence-corrected chi connectivity index (χ4v) is 3.83. The van der Waals surface area contributed by atoms with Crippen molar-refractivity contribution >= 4 is 50.9 Å². The van der Waals surface area contributed by atoms with Gasteiger partial charge in [0.15, 0.2) is 0 Å². The zero-order valence-corrected chi connectivity index (χ0v) is 22.3. The lowest BCUT2D eigenvalue weighted by atomic mass is 10.0. The maximum Gasteiger partial charge on any atom is 0.142 e. The molecule has 0 aliphatic carbocycles. The highest BCUT2D eigenvalue weighted by Gasteiger charge is 2.15. The van der Waals surface area contributed by atoms with Gasteiger partial charge >= 0.3 is 0 Å². The molecule has 0 spiro atoms. The van der Waals surface area contributed by atoms with Gasteiger partial charge in [0.1, 0.15) is 24.2 Å². The lowest BCUT2D eigenvalue weighted by Gasteiger charge is -2.22. The van der Waals surface area contributed by atoms with Crippen molar-refractivity contribution in [2.75, 3.05) is 36.4 Å². The number of anilines is 3. The number of ether oxygens (including phenoxy) is 1. The molecule has 0 bridgehead atoms. The zero-order chi connectivity index (χ0) is 26.9. The van der Waals surface area contributed by atoms with Crippen molar-refractivity contribution in [1.82, 2.24) is 9.97 Å². The second-order valence-electron chi connectivity index (χ2n) is 7.99. The van der Waals surface area contributed by atoms with Gasteiger partial charge in [0.2, 0.25) is 0 Å². The second-order valence-corrected chi connectivity index (χ2v) is 9.17. The van der Waals surface area contributed by atoms with Crippen LogP contribution < -0.4 is 15.4 Å². The molecule has 4 aromatic rings. The normalized spacial score (nSPS) is 11.2. The third-order valence-electron chi connectivity index (χ3n) is 5.51. The van der Waals surface area contributed by atoms with E-state index in [0.717, 1.165) is 51.8 Å². The van der Waals surface area contributed by atoms with Crippen molar-refractivity contribution in [2.24, 2.45) is 0 Å². The van der Waals surface area contributed by atoms with E-state index >= 15 is 0 Å². The van der Waals surface area contributed by atoms with Crippen LogP contribution in [0, 0.1) is 11.3 Å². The third-order valence-corrected chi connectivity index (χ3v) is 5.67. The predicted molar refractivity (Wildman–Crippen MR) is 149 cm³/mol. The van der Waals surface area contributed by atoms with Crippen LogP contribution in [0.4, 0.5) is 17.2 Å². The summed E-state index contributed by atoms with van der Waals surface area (Å²) in [6.07, 6.45) is 3.40. The average Bonchev–Trinajstić information content (AvgIpc) is 2.90. The number of nitriles is 1. The molecule has 8 nitrogen and oxygen atoms in total. The van der Waals surface area contributed by atoms with E-state index in [1.165, 1.54) is 0 Å². The first-order valence-corrected chi connectivity index (χ1v) is 13.4. The van der Waals surface area contributed by atoms with Crippen molar-refractivity contribution in [3.05, 3.63) is 71.9 Å². The molecule has 10 heteroatoms. The number of benzene rings is 3.